The van der Waals surface area contributed by atoms with Crippen molar-refractivity contribution in [2.45, 2.75) is 31.0 Å². The largest absolute Gasteiger partial charge is 0.373 e. The molecule has 2 heterocycles. The molecule has 0 aromatic heterocycles. The van der Waals surface area contributed by atoms with Crippen molar-refractivity contribution in [2.24, 2.45) is 0 Å². The second-order valence-electron chi connectivity index (χ2n) is 7.34. The maximum atomic E-state index is 13.0. The zero-order chi connectivity index (χ0) is 19.6. The third-order valence-corrected chi connectivity index (χ3v) is 6.71. The maximum absolute atomic E-state index is 13.0. The van der Waals surface area contributed by atoms with Crippen LogP contribution >= 0.6 is 0 Å². The highest BCUT2D eigenvalue weighted by Gasteiger charge is 2.32. The van der Waals surface area contributed by atoms with E-state index in [1.807, 2.05) is 25.9 Å². The Morgan fingerprint density at radius 3 is 2.37 bits per heavy atom. The summed E-state index contributed by atoms with van der Waals surface area (Å²) >= 11 is 0. The maximum Gasteiger partial charge on any atom is 0.265 e. The molecule has 0 unspecified atom stereocenters. The average molecular weight is 397 g/mol. The van der Waals surface area contributed by atoms with Crippen molar-refractivity contribution in [3.63, 3.8) is 0 Å². The number of ether oxygens (including phenoxy) is 1. The summed E-state index contributed by atoms with van der Waals surface area (Å²) in [4.78, 5) is 14.9. The van der Waals surface area contributed by atoms with Crippen LogP contribution in [0.25, 0.3) is 0 Å². The van der Waals surface area contributed by atoms with Crippen molar-refractivity contribution in [3.8, 4) is 0 Å². The molecule has 1 N–H and O–H groups in total. The molecule has 1 aromatic rings. The van der Waals surface area contributed by atoms with Gasteiger partial charge in [-0.25, -0.2) is 13.4 Å². The Morgan fingerprint density at radius 1 is 1.11 bits per heavy atom. The first-order chi connectivity index (χ1) is 12.8. The SMILES string of the molecule is C[C@H]1CN(S(=O)(=O)c2cccc(C(=O)NN3CCN(C)CC3)c2)C[C@H](C)O1. The molecule has 2 fully saturated rings. The van der Waals surface area contributed by atoms with Gasteiger partial charge in [-0.2, -0.15) is 4.31 Å². The van der Waals surface area contributed by atoms with Gasteiger partial charge in [-0.3, -0.25) is 10.2 Å². The second-order valence-corrected chi connectivity index (χ2v) is 9.28. The Morgan fingerprint density at radius 2 is 1.74 bits per heavy atom. The summed E-state index contributed by atoms with van der Waals surface area (Å²) in [6.07, 6.45) is -0.320. The molecule has 8 nitrogen and oxygen atoms in total. The van der Waals surface area contributed by atoms with Crippen LogP contribution < -0.4 is 5.43 Å². The van der Waals surface area contributed by atoms with Crippen LogP contribution in [0.4, 0.5) is 0 Å². The number of likely N-dealkylation sites (N-methyl/N-ethyl adjacent to an activating group) is 1. The topological polar surface area (TPSA) is 82.2 Å². The standard InChI is InChI=1S/C18H28N4O4S/c1-14-12-22(13-15(2)26-14)27(24,25)17-6-4-5-16(11-17)18(23)19-21-9-7-20(3)8-10-21/h4-6,11,14-15H,7-10,12-13H2,1-3H3,(H,19,23)/t14-,15-/m0/s1. The zero-order valence-corrected chi connectivity index (χ0v) is 16.9. The van der Waals surface area contributed by atoms with Crippen LogP contribution in [0.3, 0.4) is 0 Å². The third-order valence-electron chi connectivity index (χ3n) is 4.88. The highest BCUT2D eigenvalue weighted by atomic mass is 32.2. The Bertz CT molecular complexity index is 767. The fourth-order valence-corrected chi connectivity index (χ4v) is 5.04. The van der Waals surface area contributed by atoms with Gasteiger partial charge in [-0.1, -0.05) is 6.07 Å². The van der Waals surface area contributed by atoms with Crippen LogP contribution in [0.2, 0.25) is 0 Å². The number of nitrogens with zero attached hydrogens (tertiary/aromatic N) is 3. The van der Waals surface area contributed by atoms with Crippen LogP contribution in [0.5, 0.6) is 0 Å². The highest BCUT2D eigenvalue weighted by molar-refractivity contribution is 7.89. The number of carbonyl (C=O) groups is 1. The summed E-state index contributed by atoms with van der Waals surface area (Å²) in [5.41, 5.74) is 3.20. The van der Waals surface area contributed by atoms with Crippen molar-refractivity contribution < 1.29 is 17.9 Å². The first kappa shape index (κ1) is 20.2. The van der Waals surface area contributed by atoms with Gasteiger partial charge in [0.25, 0.3) is 5.91 Å². The predicted octanol–water partition coefficient (Wildman–Crippen LogP) is 0.377. The summed E-state index contributed by atoms with van der Waals surface area (Å²) in [5, 5.41) is 1.87. The smallest absolute Gasteiger partial charge is 0.265 e. The van der Waals surface area contributed by atoms with Gasteiger partial charge >= 0.3 is 0 Å². The van der Waals surface area contributed by atoms with E-state index in [2.05, 4.69) is 10.3 Å². The van der Waals surface area contributed by atoms with Crippen molar-refractivity contribution >= 4 is 15.9 Å². The second kappa shape index (κ2) is 8.24. The minimum Gasteiger partial charge on any atom is -0.373 e. The quantitative estimate of drug-likeness (QED) is 0.792. The lowest BCUT2D eigenvalue weighted by molar-refractivity contribution is -0.0440. The number of hydrogen-bond donors (Lipinski definition) is 1. The van der Waals surface area contributed by atoms with Gasteiger partial charge in [-0.05, 0) is 39.1 Å². The molecule has 2 atom stereocenters. The van der Waals surface area contributed by atoms with Gasteiger partial charge in [-0.15, -0.1) is 0 Å². The third kappa shape index (κ3) is 4.85. The molecule has 0 spiro atoms. The van der Waals surface area contributed by atoms with E-state index < -0.39 is 10.0 Å². The van der Waals surface area contributed by atoms with Crippen molar-refractivity contribution in [2.75, 3.05) is 46.3 Å². The fraction of sp³-hybridized carbons (Fsp3) is 0.611. The molecule has 27 heavy (non-hydrogen) atoms. The first-order valence-electron chi connectivity index (χ1n) is 9.26. The highest BCUT2D eigenvalue weighted by Crippen LogP contribution is 2.22. The molecule has 150 valence electrons. The normalized spacial score (nSPS) is 26.0. The van der Waals surface area contributed by atoms with Gasteiger partial charge in [0, 0.05) is 44.8 Å². The Balaban J connectivity index is 1.73. The number of amides is 1. The predicted molar refractivity (Wildman–Crippen MR) is 102 cm³/mol. The van der Waals surface area contributed by atoms with Crippen LogP contribution in [-0.4, -0.2) is 87.1 Å². The molecule has 2 aliphatic heterocycles. The van der Waals surface area contributed by atoms with Crippen molar-refractivity contribution in [1.29, 1.82) is 0 Å². The van der Waals surface area contributed by atoms with Crippen LogP contribution in [-0.2, 0) is 14.8 Å². The molecule has 1 aromatic carbocycles. The molecule has 0 saturated carbocycles. The molecular weight excluding hydrogens is 368 g/mol. The van der Waals surface area contributed by atoms with E-state index in [0.717, 1.165) is 26.2 Å². The summed E-state index contributed by atoms with van der Waals surface area (Å²) in [7, 11) is -1.63. The number of nitrogens with one attached hydrogen (secondary N) is 1. The summed E-state index contributed by atoms with van der Waals surface area (Å²) in [6, 6.07) is 6.23. The Kier molecular flexibility index (Phi) is 6.17. The lowest BCUT2D eigenvalue weighted by atomic mass is 10.2. The summed E-state index contributed by atoms with van der Waals surface area (Å²) < 4.78 is 33.1. The van der Waals surface area contributed by atoms with Crippen LogP contribution in [0.1, 0.15) is 24.2 Å². The summed E-state index contributed by atoms with van der Waals surface area (Å²) in [6.45, 7) is 7.57. The number of sulfonamides is 1. The van der Waals surface area contributed by atoms with E-state index in [9.17, 15) is 13.2 Å². The van der Waals surface area contributed by atoms with Gasteiger partial charge in [0.2, 0.25) is 10.0 Å². The average Bonchev–Trinajstić information content (AvgIpc) is 2.63. The molecule has 3 rings (SSSR count). The van der Waals surface area contributed by atoms with Gasteiger partial charge in [0.05, 0.1) is 17.1 Å². The van der Waals surface area contributed by atoms with Crippen LogP contribution in [0.15, 0.2) is 29.2 Å². The van der Waals surface area contributed by atoms with Gasteiger partial charge in [0.15, 0.2) is 0 Å². The number of piperazine rings is 1. The van der Waals surface area contributed by atoms with E-state index in [1.54, 1.807) is 12.1 Å². The molecule has 0 bridgehead atoms. The van der Waals surface area contributed by atoms with E-state index in [1.165, 1.54) is 16.4 Å². The molecule has 9 heteroatoms. The lowest BCUT2D eigenvalue weighted by Gasteiger charge is -2.34. The van der Waals surface area contributed by atoms with Gasteiger partial charge in [0.1, 0.15) is 0 Å². The van der Waals surface area contributed by atoms with E-state index in [0.29, 0.717) is 18.7 Å². The Labute approximate surface area is 161 Å². The molecule has 0 radical (unpaired) electrons. The minimum absolute atomic E-state index is 0.134. The number of rotatable bonds is 4. The monoisotopic (exact) mass is 396 g/mol. The lowest BCUT2D eigenvalue weighted by Crippen LogP contribution is -2.52. The molecule has 0 aliphatic carbocycles. The fourth-order valence-electron chi connectivity index (χ4n) is 3.40. The molecule has 2 saturated heterocycles. The number of benzene rings is 1. The zero-order valence-electron chi connectivity index (χ0n) is 16.1. The minimum atomic E-state index is -3.67. The number of morpholine rings is 1. The molecule has 1 amide bonds. The summed E-state index contributed by atoms with van der Waals surface area (Å²) in [5.74, 6) is -0.291. The Hall–Kier alpha value is -1.52. The number of carbonyl (C=O) groups excluding carboxylic acids is 1. The molecular formula is C18H28N4O4S. The van der Waals surface area contributed by atoms with Gasteiger partial charge < -0.3 is 9.64 Å². The first-order valence-corrected chi connectivity index (χ1v) is 10.7. The van der Waals surface area contributed by atoms with Crippen molar-refractivity contribution in [1.82, 2.24) is 19.6 Å². The number of hydrazine groups is 1. The van der Waals surface area contributed by atoms with Crippen LogP contribution in [0, 0.1) is 0 Å². The van der Waals surface area contributed by atoms with Crippen molar-refractivity contribution in [3.05, 3.63) is 29.8 Å². The van der Waals surface area contributed by atoms with E-state index in [-0.39, 0.29) is 23.0 Å². The van der Waals surface area contributed by atoms with E-state index in [4.69, 9.17) is 4.74 Å². The van der Waals surface area contributed by atoms with E-state index >= 15 is 0 Å². The number of hydrogen-bond acceptors (Lipinski definition) is 6. The molecule has 2 aliphatic rings.